The van der Waals surface area contributed by atoms with Gasteiger partial charge in [0.1, 0.15) is 28.3 Å². The molecule has 0 radical (unpaired) electrons. The number of carbonyl (C=O) groups excluding carboxylic acids is 4. The van der Waals surface area contributed by atoms with E-state index in [4.69, 9.17) is 9.47 Å². The molecule has 18 nitrogen and oxygen atoms in total. The number of thiazole rings is 1. The number of para-hydroxylation sites is 1. The number of carboxylic acid groups (broad SMARTS) is 1. The lowest BCUT2D eigenvalue weighted by molar-refractivity contribution is -0.140. The van der Waals surface area contributed by atoms with Crippen LogP contribution in [0.1, 0.15) is 87.8 Å². The first-order chi connectivity index (χ1) is 36.0. The fourth-order valence-corrected chi connectivity index (χ4v) is 12.0. The number of hydrogen-bond acceptors (Lipinski definition) is 14. The first kappa shape index (κ1) is 49.2. The molecule has 386 valence electrons. The average molecular weight is 1040 g/mol. The Morgan fingerprint density at radius 1 is 0.920 bits per heavy atom. The second kappa shape index (κ2) is 19.4. The second-order valence-corrected chi connectivity index (χ2v) is 20.5. The number of nitrogens with zero attached hydrogens (tertiary/aromatic N) is 7. The molecule has 4 amide bonds. The number of likely N-dealkylation sites (tertiary alicyclic amines) is 1. The Balaban J connectivity index is 0.737. The van der Waals surface area contributed by atoms with Crippen LogP contribution in [-0.2, 0) is 40.6 Å². The van der Waals surface area contributed by atoms with Gasteiger partial charge >= 0.3 is 12.1 Å². The first-order valence-electron chi connectivity index (χ1n) is 24.4. The summed E-state index contributed by atoms with van der Waals surface area (Å²) >= 11 is 1.33. The fourth-order valence-electron chi connectivity index (χ4n) is 11.1. The molecule has 7 aromatic rings. The normalized spacial score (nSPS) is 17.9. The molecule has 1 saturated carbocycles. The van der Waals surface area contributed by atoms with Crippen LogP contribution in [-0.4, -0.2) is 104 Å². The van der Waals surface area contributed by atoms with Gasteiger partial charge in [0.15, 0.2) is 16.6 Å². The molecule has 1 aliphatic carbocycles. The Hall–Kier alpha value is -7.98. The zero-order valence-corrected chi connectivity index (χ0v) is 41.4. The van der Waals surface area contributed by atoms with Crippen molar-refractivity contribution < 1.29 is 51.7 Å². The number of pyridine rings is 2. The number of carbonyl (C=O) groups is 5. The standard InChI is InChI=1S/C53H49F3N10O8S/c1-64-46-32(43(63-64)33-12-15-40(67)61-48(33)69)10-13-36(47(46)73-2)58-41(68)27-65-22-18-52(19-23-65)24-29(25-52)74-37-8-5-6-30(42(37)53(54,55)56)31-11-14-39(60-45(31)50(71)72)66-21-17-28-16-20-57-44(34(28)26-66)49(70)62-51-59-35-7-3-4-9-38(35)75-51/h3-11,13-14,16,20,29,33H,12,15,17-19,21-27H2,1-2H3,(H,58,68)(H,71,72)(H,59,62,70)(H,61,67,69). The van der Waals surface area contributed by atoms with Crippen molar-refractivity contribution in [2.45, 2.75) is 69.7 Å². The van der Waals surface area contributed by atoms with Crippen LogP contribution in [0.2, 0.25) is 0 Å². The minimum Gasteiger partial charge on any atom is -0.492 e. The quantitative estimate of drug-likeness (QED) is 0.0853. The number of ether oxygens (including phenoxy) is 2. The Morgan fingerprint density at radius 3 is 2.47 bits per heavy atom. The number of benzene rings is 3. The van der Waals surface area contributed by atoms with Gasteiger partial charge in [-0.15, -0.1) is 0 Å². The average Bonchev–Trinajstić information content (AvgIpc) is 3.95. The van der Waals surface area contributed by atoms with Crippen LogP contribution in [0.4, 0.5) is 29.8 Å². The Kier molecular flexibility index (Phi) is 12.7. The zero-order chi connectivity index (χ0) is 52.3. The summed E-state index contributed by atoms with van der Waals surface area (Å²) in [5, 5.41) is 24.3. The highest BCUT2D eigenvalue weighted by atomic mass is 32.1. The first-order valence-corrected chi connectivity index (χ1v) is 25.3. The van der Waals surface area contributed by atoms with Gasteiger partial charge in [-0.25, -0.2) is 14.8 Å². The number of rotatable bonds is 12. The van der Waals surface area contributed by atoms with E-state index in [9.17, 15) is 29.1 Å². The molecular formula is C53H49F3N10O8S. The smallest absolute Gasteiger partial charge is 0.420 e. The zero-order valence-electron chi connectivity index (χ0n) is 40.6. The van der Waals surface area contributed by atoms with Gasteiger partial charge < -0.3 is 24.8 Å². The van der Waals surface area contributed by atoms with E-state index in [-0.39, 0.29) is 59.4 Å². The van der Waals surface area contributed by atoms with Crippen LogP contribution >= 0.6 is 11.3 Å². The molecule has 4 aromatic heterocycles. The van der Waals surface area contributed by atoms with Crippen LogP contribution in [0.5, 0.6) is 11.5 Å². The van der Waals surface area contributed by atoms with Gasteiger partial charge in [0.25, 0.3) is 5.91 Å². The Bertz CT molecular complexity index is 3440. The number of amides is 4. The molecule has 4 N–H and O–H groups in total. The van der Waals surface area contributed by atoms with Gasteiger partial charge in [0.05, 0.1) is 47.3 Å². The maximum absolute atomic E-state index is 15.2. The van der Waals surface area contributed by atoms with Crippen molar-refractivity contribution in [3.8, 4) is 22.6 Å². The number of imide groups is 1. The van der Waals surface area contributed by atoms with E-state index in [0.717, 1.165) is 15.8 Å². The highest BCUT2D eigenvalue weighted by Crippen LogP contribution is 2.52. The van der Waals surface area contributed by atoms with E-state index in [1.807, 2.05) is 35.2 Å². The number of hydrogen-bond donors (Lipinski definition) is 4. The molecule has 22 heteroatoms. The Labute approximate surface area is 430 Å². The molecule has 0 bridgehead atoms. The summed E-state index contributed by atoms with van der Waals surface area (Å²) in [6.45, 7) is 1.80. The third-order valence-electron chi connectivity index (χ3n) is 14.8. The lowest BCUT2D eigenvalue weighted by Crippen LogP contribution is -2.52. The van der Waals surface area contributed by atoms with Crippen molar-refractivity contribution in [1.29, 1.82) is 0 Å². The molecular weight excluding hydrogens is 994 g/mol. The van der Waals surface area contributed by atoms with Gasteiger partial charge in [-0.05, 0) is 111 Å². The number of piperidine rings is 2. The minimum absolute atomic E-state index is 0.0929. The van der Waals surface area contributed by atoms with E-state index in [1.54, 1.807) is 35.0 Å². The van der Waals surface area contributed by atoms with Crippen molar-refractivity contribution in [2.24, 2.45) is 12.5 Å². The van der Waals surface area contributed by atoms with Gasteiger partial charge in [-0.1, -0.05) is 35.6 Å². The summed E-state index contributed by atoms with van der Waals surface area (Å²) in [6.07, 6.45) is -0.456. The summed E-state index contributed by atoms with van der Waals surface area (Å²) in [5.41, 5.74) is 1.49. The van der Waals surface area contributed by atoms with E-state index < -0.39 is 53.0 Å². The maximum Gasteiger partial charge on any atom is 0.420 e. The van der Waals surface area contributed by atoms with Gasteiger partial charge in [-0.3, -0.25) is 44.4 Å². The maximum atomic E-state index is 15.2. The predicted molar refractivity (Wildman–Crippen MR) is 271 cm³/mol. The van der Waals surface area contributed by atoms with E-state index in [0.29, 0.717) is 96.9 Å². The van der Waals surface area contributed by atoms with Crippen LogP contribution in [0.15, 0.2) is 79.0 Å². The number of carboxylic acids is 1. The summed E-state index contributed by atoms with van der Waals surface area (Å²) in [5.74, 6) is -3.40. The lowest BCUT2D eigenvalue weighted by atomic mass is 9.61. The lowest BCUT2D eigenvalue weighted by Gasteiger charge is -2.51. The molecule has 3 aromatic carbocycles. The number of alkyl halides is 3. The van der Waals surface area contributed by atoms with Crippen LogP contribution in [0.25, 0.3) is 32.2 Å². The summed E-state index contributed by atoms with van der Waals surface area (Å²) in [6, 6.07) is 19.5. The number of methoxy groups -OCH3 is 1. The molecule has 11 rings (SSSR count). The van der Waals surface area contributed by atoms with Crippen molar-refractivity contribution >= 4 is 78.7 Å². The van der Waals surface area contributed by atoms with Crippen molar-refractivity contribution in [1.82, 2.24) is 34.9 Å². The van der Waals surface area contributed by atoms with Crippen molar-refractivity contribution in [3.05, 3.63) is 113 Å². The second-order valence-electron chi connectivity index (χ2n) is 19.5. The molecule has 2 saturated heterocycles. The molecule has 7 heterocycles. The molecule has 4 aliphatic rings. The van der Waals surface area contributed by atoms with Crippen LogP contribution in [0, 0.1) is 5.41 Å². The number of fused-ring (bicyclic) bond motifs is 3. The van der Waals surface area contributed by atoms with Crippen molar-refractivity contribution in [3.63, 3.8) is 0 Å². The minimum atomic E-state index is -4.92. The third-order valence-corrected chi connectivity index (χ3v) is 15.8. The number of nitrogens with one attached hydrogen (secondary N) is 3. The van der Waals surface area contributed by atoms with Crippen LogP contribution in [0.3, 0.4) is 0 Å². The highest BCUT2D eigenvalue weighted by molar-refractivity contribution is 7.22. The van der Waals surface area contributed by atoms with Gasteiger partial charge in [0.2, 0.25) is 17.7 Å². The molecule has 3 aliphatic heterocycles. The summed E-state index contributed by atoms with van der Waals surface area (Å²) in [7, 11) is 3.20. The molecule has 75 heavy (non-hydrogen) atoms. The summed E-state index contributed by atoms with van der Waals surface area (Å²) < 4.78 is 60.0. The van der Waals surface area contributed by atoms with E-state index in [1.165, 1.54) is 48.8 Å². The SMILES string of the molecule is COc1c(NC(=O)CN2CCC3(CC2)CC(Oc2cccc(-c4ccc(N5CCc6ccnc(C(=O)Nc7nc8ccccc8s7)c6C5)nc4C(=O)O)c2C(F)(F)F)C3)ccc2c(C3CCC(=O)NC3=O)nn(C)c12. The molecule has 3 fully saturated rings. The third kappa shape index (κ3) is 9.47. The summed E-state index contributed by atoms with van der Waals surface area (Å²) in [4.78, 5) is 81.4. The number of anilines is 3. The molecule has 1 atom stereocenters. The van der Waals surface area contributed by atoms with E-state index >= 15 is 13.2 Å². The number of halogens is 3. The van der Waals surface area contributed by atoms with Crippen molar-refractivity contribution in [2.75, 3.05) is 48.8 Å². The van der Waals surface area contributed by atoms with E-state index in [2.05, 4.69) is 36.0 Å². The monoisotopic (exact) mass is 1040 g/mol. The topological polar surface area (TPSA) is 223 Å². The fraction of sp³-hybridized carbons (Fsp3) is 0.340. The predicted octanol–water partition coefficient (Wildman–Crippen LogP) is 7.96. The molecule has 1 spiro atoms. The van der Waals surface area contributed by atoms with Gasteiger partial charge in [0, 0.05) is 54.8 Å². The van der Waals surface area contributed by atoms with Crippen LogP contribution < -0.4 is 30.3 Å². The van der Waals surface area contributed by atoms with Gasteiger partial charge in [-0.2, -0.15) is 18.3 Å². The Morgan fingerprint density at radius 2 is 1.72 bits per heavy atom. The number of aromatic nitrogens is 5. The highest BCUT2D eigenvalue weighted by Gasteiger charge is 2.48. The molecule has 1 unspecified atom stereocenters. The number of aryl methyl sites for hydroxylation is 1. The number of aromatic carboxylic acids is 1. The largest absolute Gasteiger partial charge is 0.492 e.